The average molecular weight is 482 g/mol. The predicted octanol–water partition coefficient (Wildman–Crippen LogP) is 6.82. The molecule has 0 saturated heterocycles. The van der Waals surface area contributed by atoms with Crippen molar-refractivity contribution in [3.05, 3.63) is 71.6 Å². The third-order valence-electron chi connectivity index (χ3n) is 4.97. The van der Waals surface area contributed by atoms with Crippen LogP contribution in [0.4, 0.5) is 9.93 Å². The molecule has 0 atom stereocenters. The molecule has 0 saturated carbocycles. The van der Waals surface area contributed by atoms with E-state index in [1.54, 1.807) is 13.3 Å². The summed E-state index contributed by atoms with van der Waals surface area (Å²) in [5, 5.41) is 2.93. The molecule has 2 aromatic heterocycles. The molecule has 0 bridgehead atoms. The Labute approximate surface area is 201 Å². The fraction of sp³-hybridized carbons (Fsp3) is 0.240. The molecule has 0 spiro atoms. The summed E-state index contributed by atoms with van der Waals surface area (Å²) in [5.41, 5.74) is 1.85. The van der Waals surface area contributed by atoms with Crippen LogP contribution in [0.1, 0.15) is 19.4 Å². The highest BCUT2D eigenvalue weighted by Crippen LogP contribution is 2.39. The van der Waals surface area contributed by atoms with Gasteiger partial charge in [0.2, 0.25) is 0 Å². The van der Waals surface area contributed by atoms with Crippen molar-refractivity contribution in [3.8, 4) is 16.2 Å². The number of aromatic nitrogens is 2. The Hall–Kier alpha value is -3.16. The van der Waals surface area contributed by atoms with Crippen LogP contribution in [-0.2, 0) is 11.3 Å². The summed E-state index contributed by atoms with van der Waals surface area (Å²) >= 11 is 7.90. The van der Waals surface area contributed by atoms with Crippen LogP contribution in [0.15, 0.2) is 60.9 Å². The molecule has 6 nitrogen and oxygen atoms in total. The first-order valence-electron chi connectivity index (χ1n) is 10.5. The lowest BCUT2D eigenvalue weighted by Gasteiger charge is -2.20. The Morgan fingerprint density at radius 3 is 2.64 bits per heavy atom. The first-order valence-corrected chi connectivity index (χ1v) is 11.7. The number of anilines is 1. The molecule has 0 aliphatic heterocycles. The van der Waals surface area contributed by atoms with E-state index in [2.05, 4.69) is 9.97 Å². The fourth-order valence-corrected chi connectivity index (χ4v) is 4.55. The lowest BCUT2D eigenvalue weighted by atomic mass is 10.1. The van der Waals surface area contributed by atoms with Crippen molar-refractivity contribution in [2.45, 2.75) is 20.4 Å². The largest absolute Gasteiger partial charge is 0.497 e. The molecule has 8 heteroatoms. The van der Waals surface area contributed by atoms with E-state index in [1.165, 1.54) is 16.2 Å². The van der Waals surface area contributed by atoms with Crippen LogP contribution >= 0.6 is 22.9 Å². The molecule has 4 aromatic rings. The van der Waals surface area contributed by atoms with E-state index in [9.17, 15) is 4.79 Å². The highest BCUT2D eigenvalue weighted by Gasteiger charge is 2.24. The van der Waals surface area contributed by atoms with E-state index in [-0.39, 0.29) is 5.92 Å². The van der Waals surface area contributed by atoms with Gasteiger partial charge in [-0.2, -0.15) is 0 Å². The van der Waals surface area contributed by atoms with Crippen LogP contribution < -0.4 is 9.64 Å². The van der Waals surface area contributed by atoms with Crippen molar-refractivity contribution in [2.24, 2.45) is 5.92 Å². The molecule has 1 amide bonds. The smallest absolute Gasteiger partial charge is 0.416 e. The number of hydrogen-bond acceptors (Lipinski definition) is 6. The van der Waals surface area contributed by atoms with E-state index < -0.39 is 6.09 Å². The Balaban J connectivity index is 1.67. The van der Waals surface area contributed by atoms with Crippen LogP contribution in [0, 0.1) is 5.92 Å². The fourth-order valence-electron chi connectivity index (χ4n) is 3.25. The monoisotopic (exact) mass is 481 g/mol. The highest BCUT2D eigenvalue weighted by molar-refractivity contribution is 7.19. The number of nitrogens with zero attached hydrogens (tertiary/aromatic N) is 3. The number of benzene rings is 2. The molecule has 170 valence electrons. The SMILES string of the molecule is COc1ccc(CN(C(=O)OCC(C)C)c2nc(Cl)c(-c3ccc4cnccc4c3)s2)cc1. The molecule has 0 unspecified atom stereocenters. The summed E-state index contributed by atoms with van der Waals surface area (Å²) in [5.74, 6) is 0.970. The van der Waals surface area contributed by atoms with Gasteiger partial charge in [0.05, 0.1) is 25.1 Å². The van der Waals surface area contributed by atoms with Crippen molar-refractivity contribution >= 4 is 44.9 Å². The lowest BCUT2D eigenvalue weighted by molar-refractivity contribution is 0.139. The van der Waals surface area contributed by atoms with Gasteiger partial charge in [-0.3, -0.25) is 4.98 Å². The molecule has 0 aliphatic carbocycles. The van der Waals surface area contributed by atoms with Gasteiger partial charge in [0, 0.05) is 17.8 Å². The molecule has 0 radical (unpaired) electrons. The third kappa shape index (κ3) is 5.43. The maximum Gasteiger partial charge on any atom is 0.416 e. The Morgan fingerprint density at radius 2 is 1.91 bits per heavy atom. The molecule has 0 N–H and O–H groups in total. The summed E-state index contributed by atoms with van der Waals surface area (Å²) < 4.78 is 10.8. The van der Waals surface area contributed by atoms with Crippen LogP contribution in [0.25, 0.3) is 21.2 Å². The number of halogens is 1. The highest BCUT2D eigenvalue weighted by atomic mass is 35.5. The van der Waals surface area contributed by atoms with Crippen LogP contribution in [0.2, 0.25) is 5.15 Å². The number of methoxy groups -OCH3 is 1. The van der Waals surface area contributed by atoms with Gasteiger partial charge in [-0.05, 0) is 46.7 Å². The van der Waals surface area contributed by atoms with Gasteiger partial charge in [-0.15, -0.1) is 0 Å². The van der Waals surface area contributed by atoms with Crippen LogP contribution in [-0.4, -0.2) is 29.8 Å². The Bertz CT molecular complexity index is 1260. The number of carbonyl (C=O) groups is 1. The molecular formula is C25H24ClN3O3S. The second kappa shape index (κ2) is 10.2. The maximum atomic E-state index is 13.0. The summed E-state index contributed by atoms with van der Waals surface area (Å²) in [6.45, 7) is 4.61. The number of rotatable bonds is 7. The second-order valence-corrected chi connectivity index (χ2v) is 9.29. The standard InChI is InChI=1S/C25H24ClN3O3S/c1-16(2)15-32-25(30)29(14-17-4-8-21(31-3)9-5-17)24-28-23(26)22(33-24)19-6-7-20-13-27-11-10-18(20)12-19/h4-13,16H,14-15H2,1-3H3. The zero-order valence-corrected chi connectivity index (χ0v) is 20.2. The van der Waals surface area contributed by atoms with Gasteiger partial charge in [0.15, 0.2) is 5.13 Å². The summed E-state index contributed by atoms with van der Waals surface area (Å²) in [6.07, 6.45) is 3.12. The molecule has 2 aromatic carbocycles. The van der Waals surface area contributed by atoms with E-state index in [0.29, 0.717) is 23.4 Å². The predicted molar refractivity (Wildman–Crippen MR) is 133 cm³/mol. The minimum absolute atomic E-state index is 0.222. The van der Waals surface area contributed by atoms with Crippen molar-refractivity contribution in [1.82, 2.24) is 9.97 Å². The third-order valence-corrected chi connectivity index (χ3v) is 6.48. The van der Waals surface area contributed by atoms with Crippen LogP contribution in [0.5, 0.6) is 5.75 Å². The van der Waals surface area contributed by atoms with Gasteiger partial charge in [0.25, 0.3) is 0 Å². The molecular weight excluding hydrogens is 458 g/mol. The minimum Gasteiger partial charge on any atom is -0.497 e. The van der Waals surface area contributed by atoms with Crippen molar-refractivity contribution < 1.29 is 14.3 Å². The average Bonchev–Trinajstić information content (AvgIpc) is 3.22. The summed E-state index contributed by atoms with van der Waals surface area (Å²) in [4.78, 5) is 24.0. The Kier molecular flexibility index (Phi) is 7.11. The molecule has 2 heterocycles. The molecule has 4 rings (SSSR count). The van der Waals surface area contributed by atoms with Gasteiger partial charge < -0.3 is 9.47 Å². The number of amides is 1. The van der Waals surface area contributed by atoms with Gasteiger partial charge in [-0.25, -0.2) is 14.7 Å². The first-order chi connectivity index (χ1) is 15.9. The van der Waals surface area contributed by atoms with Crippen molar-refractivity contribution in [2.75, 3.05) is 18.6 Å². The minimum atomic E-state index is -0.457. The van der Waals surface area contributed by atoms with E-state index in [1.807, 2.05) is 68.6 Å². The quantitative estimate of drug-likeness (QED) is 0.290. The van der Waals surface area contributed by atoms with E-state index in [0.717, 1.165) is 32.5 Å². The number of carbonyl (C=O) groups excluding carboxylic acids is 1. The number of ether oxygens (including phenoxy) is 2. The Morgan fingerprint density at radius 1 is 1.12 bits per heavy atom. The topological polar surface area (TPSA) is 64.5 Å². The summed E-state index contributed by atoms with van der Waals surface area (Å²) in [6, 6.07) is 15.5. The maximum absolute atomic E-state index is 13.0. The number of hydrogen-bond donors (Lipinski definition) is 0. The van der Waals surface area contributed by atoms with E-state index in [4.69, 9.17) is 21.1 Å². The number of pyridine rings is 1. The van der Waals surface area contributed by atoms with Crippen molar-refractivity contribution in [1.29, 1.82) is 0 Å². The summed E-state index contributed by atoms with van der Waals surface area (Å²) in [7, 11) is 1.62. The van der Waals surface area contributed by atoms with Gasteiger partial charge in [-0.1, -0.05) is 61.1 Å². The molecule has 33 heavy (non-hydrogen) atoms. The zero-order valence-electron chi connectivity index (χ0n) is 18.6. The van der Waals surface area contributed by atoms with Crippen LogP contribution in [0.3, 0.4) is 0 Å². The normalized spacial score (nSPS) is 11.1. The van der Waals surface area contributed by atoms with E-state index >= 15 is 0 Å². The molecule has 0 aliphatic rings. The van der Waals surface area contributed by atoms with Gasteiger partial charge in [0.1, 0.15) is 10.9 Å². The lowest BCUT2D eigenvalue weighted by Crippen LogP contribution is -2.31. The first kappa shape index (κ1) is 23.0. The van der Waals surface area contributed by atoms with Gasteiger partial charge >= 0.3 is 6.09 Å². The molecule has 0 fully saturated rings. The number of fused-ring (bicyclic) bond motifs is 1. The second-order valence-electron chi connectivity index (χ2n) is 7.96. The zero-order chi connectivity index (χ0) is 23.4. The number of thiazole rings is 1. The van der Waals surface area contributed by atoms with Crippen molar-refractivity contribution in [3.63, 3.8) is 0 Å².